The molecule has 14 heteroatoms. The summed E-state index contributed by atoms with van der Waals surface area (Å²) < 4.78 is 23.7. The first-order valence-corrected chi connectivity index (χ1v) is 21.0. The second-order valence-corrected chi connectivity index (χ2v) is 17.4. The van der Waals surface area contributed by atoms with E-state index in [1.807, 2.05) is 67.4 Å². The van der Waals surface area contributed by atoms with Crippen LogP contribution in [0.1, 0.15) is 75.3 Å². The molecule has 0 unspecified atom stereocenters. The standard InChI is InChI=1S/C46H56N4O10/c1-8-29(53)21-28-24-45(41(54)58-6,37-31(15-19-49(25-28)26-51)30-13-10-11-14-34(30)47-37)33-22-32-35(23-36(33)57-5)48(4)39-44(32)17-20-50-18-12-16-43(9-2,38(44)50)40(60-27(3)52)46(39,56)42(55)59-7/h10-14,16,22-23,26,28,38-40,47,56H,8-9,15,17-21,24-25H2,1-7H3/t28-,38-,39+,40+,43+,44+,45-,46+/m0/s1. The van der Waals surface area contributed by atoms with Crippen molar-refractivity contribution < 1.29 is 48.0 Å². The van der Waals surface area contributed by atoms with E-state index in [0.29, 0.717) is 68.0 Å². The first-order chi connectivity index (χ1) is 28.8. The number of para-hydroxylation sites is 1. The zero-order valence-corrected chi connectivity index (χ0v) is 35.5. The lowest BCUT2D eigenvalue weighted by Gasteiger charge is -2.63. The Morgan fingerprint density at radius 2 is 1.75 bits per heavy atom. The van der Waals surface area contributed by atoms with Crippen molar-refractivity contribution in [3.63, 3.8) is 0 Å². The second-order valence-electron chi connectivity index (χ2n) is 17.4. The van der Waals surface area contributed by atoms with Crippen molar-refractivity contribution in [2.45, 2.75) is 93.9 Å². The number of anilines is 1. The topological polar surface area (TPSA) is 168 Å². The van der Waals surface area contributed by atoms with Crippen LogP contribution in [-0.4, -0.2) is 128 Å². The lowest BCUT2D eigenvalue weighted by atomic mass is 9.47. The van der Waals surface area contributed by atoms with Gasteiger partial charge in [-0.15, -0.1) is 0 Å². The van der Waals surface area contributed by atoms with Crippen molar-refractivity contribution in [3.8, 4) is 5.75 Å². The molecular formula is C46H56N4O10. The number of ketones is 1. The Morgan fingerprint density at radius 1 is 1.00 bits per heavy atom. The van der Waals surface area contributed by atoms with E-state index < -0.39 is 57.8 Å². The molecule has 1 saturated heterocycles. The molecule has 1 amide bonds. The number of H-pyrrole nitrogens is 1. The Morgan fingerprint density at radius 3 is 2.42 bits per heavy atom. The Labute approximate surface area is 350 Å². The van der Waals surface area contributed by atoms with E-state index in [2.05, 4.69) is 9.88 Å². The number of benzene rings is 2. The molecule has 0 bridgehead atoms. The monoisotopic (exact) mass is 824 g/mol. The SMILES string of the molecule is CCC(=O)C[C@@H]1CN(C=O)CCc2c([nH]c3ccccc23)[C@@](C(=O)OC)(c2cc3c(cc2OC)N(C)[C@H]2[C@](O)(C(=O)OC)[C@H](OC(C)=O)[C@]4(CC)C=CCN5CC[C@]32[C@@H]54)C1. The summed E-state index contributed by atoms with van der Waals surface area (Å²) in [4.78, 5) is 78.2. The number of amides is 1. The van der Waals surface area contributed by atoms with Gasteiger partial charge in [-0.3, -0.25) is 24.1 Å². The summed E-state index contributed by atoms with van der Waals surface area (Å²) in [6, 6.07) is 10.3. The van der Waals surface area contributed by atoms with Crippen LogP contribution < -0.4 is 9.64 Å². The lowest BCUT2D eigenvalue weighted by molar-refractivity contribution is -0.228. The normalized spacial score (nSPS) is 31.8. The van der Waals surface area contributed by atoms with Gasteiger partial charge in [0.25, 0.3) is 0 Å². The number of rotatable bonds is 10. The van der Waals surface area contributed by atoms with Crippen LogP contribution in [0, 0.1) is 11.3 Å². The van der Waals surface area contributed by atoms with Crippen LogP contribution in [0.4, 0.5) is 5.69 Å². The van der Waals surface area contributed by atoms with Gasteiger partial charge in [-0.2, -0.15) is 0 Å². The number of aromatic nitrogens is 1. The quantitative estimate of drug-likeness (QED) is 0.131. The summed E-state index contributed by atoms with van der Waals surface area (Å²) in [5.74, 6) is -2.22. The molecule has 5 heterocycles. The predicted octanol–water partition coefficient (Wildman–Crippen LogP) is 3.97. The maximum absolute atomic E-state index is 15.3. The fourth-order valence-corrected chi connectivity index (χ4v) is 12.6. The number of aliphatic hydroxyl groups is 1. The highest BCUT2D eigenvalue weighted by atomic mass is 16.6. The molecule has 14 nitrogen and oxygen atoms in total. The Hall–Kier alpha value is -5.21. The average molecular weight is 825 g/mol. The van der Waals surface area contributed by atoms with Crippen molar-refractivity contribution >= 4 is 46.7 Å². The third-order valence-electron chi connectivity index (χ3n) is 14.8. The molecule has 3 aromatic rings. The summed E-state index contributed by atoms with van der Waals surface area (Å²) >= 11 is 0. The number of likely N-dealkylation sites (N-methyl/N-ethyl adjacent to an activating group) is 1. The second kappa shape index (κ2) is 15.1. The van der Waals surface area contributed by atoms with Gasteiger partial charge in [-0.25, -0.2) is 4.79 Å². The predicted molar refractivity (Wildman–Crippen MR) is 222 cm³/mol. The number of hydrogen-bond acceptors (Lipinski definition) is 12. The van der Waals surface area contributed by atoms with E-state index in [-0.39, 0.29) is 31.2 Å². The number of fused-ring (bicyclic) bond motifs is 4. The molecule has 1 saturated carbocycles. The van der Waals surface area contributed by atoms with E-state index in [0.717, 1.165) is 28.4 Å². The summed E-state index contributed by atoms with van der Waals surface area (Å²) in [6.07, 6.45) is 5.41. The molecule has 1 aromatic heterocycles. The largest absolute Gasteiger partial charge is 0.496 e. The minimum Gasteiger partial charge on any atom is -0.496 e. The van der Waals surface area contributed by atoms with Gasteiger partial charge in [-0.05, 0) is 61.4 Å². The van der Waals surface area contributed by atoms with Gasteiger partial charge < -0.3 is 38.8 Å². The minimum atomic E-state index is -2.35. The number of aromatic amines is 1. The van der Waals surface area contributed by atoms with E-state index in [4.69, 9.17) is 18.9 Å². The van der Waals surface area contributed by atoms with Gasteiger partial charge in [0, 0.05) is 97.2 Å². The maximum atomic E-state index is 15.3. The van der Waals surface area contributed by atoms with Crippen molar-refractivity contribution in [2.24, 2.45) is 11.3 Å². The molecule has 2 fully saturated rings. The van der Waals surface area contributed by atoms with Crippen molar-refractivity contribution in [2.75, 3.05) is 59.5 Å². The van der Waals surface area contributed by atoms with Crippen molar-refractivity contribution in [3.05, 3.63) is 70.9 Å². The van der Waals surface area contributed by atoms with Gasteiger partial charge in [-0.1, -0.05) is 44.2 Å². The third kappa shape index (κ3) is 5.55. The van der Waals surface area contributed by atoms with Gasteiger partial charge in [0.2, 0.25) is 12.0 Å². The fraction of sp³-hybridized carbons (Fsp3) is 0.543. The van der Waals surface area contributed by atoms with E-state index in [9.17, 15) is 24.3 Å². The minimum absolute atomic E-state index is 0.00365. The van der Waals surface area contributed by atoms with E-state index >= 15 is 4.79 Å². The first-order valence-electron chi connectivity index (χ1n) is 21.0. The van der Waals surface area contributed by atoms with Gasteiger partial charge in [0.05, 0.1) is 27.4 Å². The number of esters is 3. The summed E-state index contributed by atoms with van der Waals surface area (Å²) in [6.45, 7) is 6.90. The van der Waals surface area contributed by atoms with Gasteiger partial charge >= 0.3 is 17.9 Å². The first kappa shape index (κ1) is 41.5. The van der Waals surface area contributed by atoms with Crippen LogP contribution in [0.15, 0.2) is 48.6 Å². The number of hydrogen-bond donors (Lipinski definition) is 2. The van der Waals surface area contributed by atoms with Crippen LogP contribution in [0.2, 0.25) is 0 Å². The molecule has 1 spiro atoms. The number of carbonyl (C=O) groups is 5. The van der Waals surface area contributed by atoms with E-state index in [1.165, 1.54) is 28.3 Å². The third-order valence-corrected chi connectivity index (χ3v) is 14.8. The fourth-order valence-electron chi connectivity index (χ4n) is 12.6. The molecule has 1 aliphatic carbocycles. The molecule has 60 heavy (non-hydrogen) atoms. The molecule has 8 atom stereocenters. The highest BCUT2D eigenvalue weighted by Crippen LogP contribution is 2.68. The number of nitrogens with zero attached hydrogens (tertiary/aromatic N) is 3. The van der Waals surface area contributed by atoms with Crippen LogP contribution in [-0.2, 0) is 55.4 Å². The van der Waals surface area contributed by atoms with Crippen LogP contribution >= 0.6 is 0 Å². The highest BCUT2D eigenvalue weighted by Gasteiger charge is 2.80. The van der Waals surface area contributed by atoms with Crippen LogP contribution in [0.25, 0.3) is 10.9 Å². The summed E-state index contributed by atoms with van der Waals surface area (Å²) in [5, 5.41) is 14.2. The highest BCUT2D eigenvalue weighted by molar-refractivity contribution is 5.95. The Kier molecular flexibility index (Phi) is 10.4. The number of nitrogens with one attached hydrogen (secondary N) is 1. The zero-order valence-electron chi connectivity index (χ0n) is 35.5. The Balaban J connectivity index is 1.48. The average Bonchev–Trinajstić information content (AvgIpc) is 3.92. The number of carbonyl (C=O) groups excluding carboxylic acids is 5. The molecule has 4 aliphatic heterocycles. The lowest BCUT2D eigenvalue weighted by Crippen LogP contribution is -2.81. The number of ether oxygens (including phenoxy) is 4. The van der Waals surface area contributed by atoms with Crippen molar-refractivity contribution in [1.82, 2.24) is 14.8 Å². The van der Waals surface area contributed by atoms with E-state index in [1.54, 1.807) is 11.8 Å². The number of Topliss-reactive ketones (excluding diaryl/α,β-unsaturated/α-hetero) is 1. The maximum Gasteiger partial charge on any atom is 0.344 e. The molecule has 320 valence electrons. The molecule has 0 radical (unpaired) electrons. The summed E-state index contributed by atoms with van der Waals surface area (Å²) in [5.41, 5.74) is -1.75. The molecule has 2 aromatic carbocycles. The summed E-state index contributed by atoms with van der Waals surface area (Å²) in [7, 11) is 5.94. The van der Waals surface area contributed by atoms with Crippen LogP contribution in [0.3, 0.4) is 0 Å². The van der Waals surface area contributed by atoms with Gasteiger partial charge in [0.15, 0.2) is 6.10 Å². The number of methoxy groups -OCH3 is 3. The van der Waals surface area contributed by atoms with Crippen LogP contribution in [0.5, 0.6) is 5.75 Å². The molecular weight excluding hydrogens is 769 g/mol. The zero-order chi connectivity index (χ0) is 42.9. The van der Waals surface area contributed by atoms with Crippen molar-refractivity contribution in [1.29, 1.82) is 0 Å². The molecule has 2 N–H and O–H groups in total. The molecule has 5 aliphatic rings. The molecule has 8 rings (SSSR count). The smallest absolute Gasteiger partial charge is 0.344 e. The van der Waals surface area contributed by atoms with Gasteiger partial charge in [0.1, 0.15) is 16.9 Å². The Bertz CT molecular complexity index is 2290.